The van der Waals surface area contributed by atoms with E-state index >= 15 is 0 Å². The van der Waals surface area contributed by atoms with Crippen LogP contribution >= 0.6 is 24.0 Å². The molecule has 1 rings (SSSR count). The van der Waals surface area contributed by atoms with Crippen molar-refractivity contribution in [3.63, 3.8) is 0 Å². The largest absolute Gasteiger partial charge is 0.399 e. The minimum Gasteiger partial charge on any atom is -0.399 e. The third-order valence-electron chi connectivity index (χ3n) is 1.43. The maximum absolute atomic E-state index is 10.8. The molecule has 0 aromatic rings. The van der Waals surface area contributed by atoms with Gasteiger partial charge in [0, 0.05) is 5.75 Å². The third-order valence-corrected chi connectivity index (χ3v) is 2.78. The van der Waals surface area contributed by atoms with E-state index in [-0.39, 0.29) is 11.8 Å². The Hall–Kier alpha value is -0.820. The first-order valence-corrected chi connectivity index (χ1v) is 4.84. The molecule has 1 aliphatic heterocycles. The number of oxime groups is 1. The molecule has 1 saturated heterocycles. The van der Waals surface area contributed by atoms with Crippen molar-refractivity contribution in [1.29, 1.82) is 0 Å². The van der Waals surface area contributed by atoms with Gasteiger partial charge >= 0.3 is 0 Å². The van der Waals surface area contributed by atoms with Crippen LogP contribution in [0.5, 0.6) is 0 Å². The summed E-state index contributed by atoms with van der Waals surface area (Å²) in [6, 6.07) is -0.289. The molecule has 1 fully saturated rings. The molecule has 0 aliphatic carbocycles. The van der Waals surface area contributed by atoms with Gasteiger partial charge in [-0.05, 0) is 0 Å². The summed E-state index contributed by atoms with van der Waals surface area (Å²) in [5.74, 6) is -0.226. The van der Waals surface area contributed by atoms with Gasteiger partial charge in [-0.1, -0.05) is 29.1 Å². The lowest BCUT2D eigenvalue weighted by Gasteiger charge is -2.07. The smallest absolute Gasteiger partial charge is 0.289 e. The van der Waals surface area contributed by atoms with Crippen LogP contribution in [-0.4, -0.2) is 34.8 Å². The lowest BCUT2D eigenvalue weighted by Crippen LogP contribution is -2.39. The standard InChI is InChI=1S/C6H8N3O2S2/c1-11-9-4(5(7)10)3-2-13-6(12)8-3/h3,7H,2H2,1H3,(H,8,12). The molecule has 2 N–H and O–H groups in total. The number of thioether (sulfide) groups is 1. The van der Waals surface area contributed by atoms with E-state index in [0.717, 1.165) is 0 Å². The summed E-state index contributed by atoms with van der Waals surface area (Å²) >= 11 is 6.29. The Morgan fingerprint density at radius 2 is 2.62 bits per heavy atom. The number of thiocarbonyl (C=S) groups is 1. The minimum atomic E-state index is -0.843. The molecular formula is C6H8N3O2S2. The predicted molar refractivity (Wildman–Crippen MR) is 54.5 cm³/mol. The van der Waals surface area contributed by atoms with Crippen molar-refractivity contribution < 1.29 is 9.63 Å². The normalized spacial score (nSPS) is 22.7. The van der Waals surface area contributed by atoms with Crippen LogP contribution in [0.25, 0.3) is 0 Å². The Labute approximate surface area is 85.1 Å². The summed E-state index contributed by atoms with van der Waals surface area (Å²) in [5.41, 5.74) is 6.99. The highest BCUT2D eigenvalue weighted by atomic mass is 32.2. The van der Waals surface area contributed by atoms with Crippen molar-refractivity contribution in [3.05, 3.63) is 0 Å². The summed E-state index contributed by atoms with van der Waals surface area (Å²) in [7, 11) is 1.34. The quantitative estimate of drug-likeness (QED) is 0.403. The summed E-state index contributed by atoms with van der Waals surface area (Å²) in [5, 5.41) is 6.35. The van der Waals surface area contributed by atoms with Crippen molar-refractivity contribution in [2.45, 2.75) is 6.04 Å². The first kappa shape index (κ1) is 10.3. The lowest BCUT2D eigenvalue weighted by atomic mass is 10.2. The van der Waals surface area contributed by atoms with E-state index in [0.29, 0.717) is 10.1 Å². The molecule has 1 amide bonds. The highest BCUT2D eigenvalue weighted by Crippen LogP contribution is 2.14. The maximum atomic E-state index is 10.8. The van der Waals surface area contributed by atoms with Gasteiger partial charge in [0.15, 0.2) is 5.71 Å². The molecule has 1 unspecified atom stereocenters. The van der Waals surface area contributed by atoms with Gasteiger partial charge in [0.25, 0.3) is 5.91 Å². The SMILES string of the molecule is CON=C(C([NH])=O)C1CSC(=S)N1. The first-order chi connectivity index (χ1) is 6.15. The van der Waals surface area contributed by atoms with E-state index in [1.165, 1.54) is 18.9 Å². The van der Waals surface area contributed by atoms with Crippen LogP contribution in [-0.2, 0) is 9.63 Å². The van der Waals surface area contributed by atoms with Crippen LogP contribution in [0.15, 0.2) is 5.16 Å². The number of hydrogen-bond acceptors (Lipinski definition) is 5. The monoisotopic (exact) mass is 218 g/mol. The highest BCUT2D eigenvalue weighted by Gasteiger charge is 2.28. The number of carbonyl (C=O) groups is 1. The molecule has 1 aliphatic rings. The number of nitrogens with one attached hydrogen (secondary N) is 2. The molecule has 0 aromatic carbocycles. The van der Waals surface area contributed by atoms with E-state index in [1.807, 2.05) is 0 Å². The van der Waals surface area contributed by atoms with Crippen molar-refractivity contribution in [1.82, 2.24) is 11.1 Å². The molecule has 71 valence electrons. The topological polar surface area (TPSA) is 74.5 Å². The Morgan fingerprint density at radius 3 is 3.00 bits per heavy atom. The second-order valence-electron chi connectivity index (χ2n) is 2.28. The second-order valence-corrected chi connectivity index (χ2v) is 3.98. The zero-order valence-corrected chi connectivity index (χ0v) is 8.50. The van der Waals surface area contributed by atoms with Gasteiger partial charge in [-0.3, -0.25) is 10.5 Å². The molecule has 1 heterocycles. The Kier molecular flexibility index (Phi) is 3.49. The van der Waals surface area contributed by atoms with E-state index in [2.05, 4.69) is 15.3 Å². The van der Waals surface area contributed by atoms with Crippen molar-refractivity contribution >= 4 is 39.9 Å². The fraction of sp³-hybridized carbons (Fsp3) is 0.500. The van der Waals surface area contributed by atoms with Crippen molar-refractivity contribution in [2.75, 3.05) is 12.9 Å². The molecule has 13 heavy (non-hydrogen) atoms. The van der Waals surface area contributed by atoms with E-state index in [1.54, 1.807) is 0 Å². The van der Waals surface area contributed by atoms with Gasteiger partial charge in [-0.25, -0.2) is 0 Å². The van der Waals surface area contributed by atoms with Crippen LogP contribution in [0.1, 0.15) is 0 Å². The van der Waals surface area contributed by atoms with Gasteiger partial charge < -0.3 is 10.2 Å². The fourth-order valence-electron chi connectivity index (χ4n) is 0.894. The van der Waals surface area contributed by atoms with Crippen molar-refractivity contribution in [2.24, 2.45) is 5.16 Å². The average Bonchev–Trinajstić information content (AvgIpc) is 2.46. The Balaban J connectivity index is 2.71. The Morgan fingerprint density at radius 1 is 1.92 bits per heavy atom. The molecule has 0 saturated carbocycles. The molecule has 0 bridgehead atoms. The highest BCUT2D eigenvalue weighted by molar-refractivity contribution is 8.23. The summed E-state index contributed by atoms with van der Waals surface area (Å²) in [6.45, 7) is 0. The number of rotatable bonds is 3. The number of nitrogens with zero attached hydrogens (tertiary/aromatic N) is 1. The zero-order chi connectivity index (χ0) is 9.84. The van der Waals surface area contributed by atoms with E-state index < -0.39 is 5.91 Å². The maximum Gasteiger partial charge on any atom is 0.289 e. The molecular weight excluding hydrogens is 210 g/mol. The third kappa shape index (κ3) is 2.56. The fourth-order valence-corrected chi connectivity index (χ4v) is 2.02. The number of carbonyl (C=O) groups excluding carboxylic acids is 1. The summed E-state index contributed by atoms with van der Waals surface area (Å²) < 4.78 is 0.620. The molecule has 0 spiro atoms. The zero-order valence-electron chi connectivity index (χ0n) is 6.86. The van der Waals surface area contributed by atoms with Crippen molar-refractivity contribution in [3.8, 4) is 0 Å². The predicted octanol–water partition coefficient (Wildman–Crippen LogP) is -0.212. The Bertz CT molecular complexity index is 267. The lowest BCUT2D eigenvalue weighted by molar-refractivity contribution is -0.112. The molecule has 7 heteroatoms. The van der Waals surface area contributed by atoms with Gasteiger partial charge in [-0.2, -0.15) is 0 Å². The van der Waals surface area contributed by atoms with Crippen LogP contribution < -0.4 is 11.1 Å². The average molecular weight is 218 g/mol. The van der Waals surface area contributed by atoms with Gasteiger partial charge in [0.1, 0.15) is 11.4 Å². The van der Waals surface area contributed by atoms with Crippen LogP contribution in [0, 0.1) is 0 Å². The number of amides is 1. The van der Waals surface area contributed by atoms with E-state index in [9.17, 15) is 4.79 Å². The molecule has 1 radical (unpaired) electrons. The summed E-state index contributed by atoms with van der Waals surface area (Å²) in [6.07, 6.45) is 0. The second kappa shape index (κ2) is 4.43. The summed E-state index contributed by atoms with van der Waals surface area (Å²) in [4.78, 5) is 15.3. The van der Waals surface area contributed by atoms with E-state index in [4.69, 9.17) is 18.0 Å². The molecule has 5 nitrogen and oxygen atoms in total. The number of hydrogen-bond donors (Lipinski definition) is 1. The van der Waals surface area contributed by atoms with Crippen LogP contribution in [0.4, 0.5) is 0 Å². The molecule has 1 atom stereocenters. The van der Waals surface area contributed by atoms with Gasteiger partial charge in [-0.15, -0.1) is 0 Å². The van der Waals surface area contributed by atoms with Gasteiger partial charge in [0.2, 0.25) is 0 Å². The first-order valence-electron chi connectivity index (χ1n) is 3.45. The van der Waals surface area contributed by atoms with Crippen LogP contribution in [0.3, 0.4) is 0 Å². The van der Waals surface area contributed by atoms with Crippen LogP contribution in [0.2, 0.25) is 0 Å². The minimum absolute atomic E-state index is 0.0647. The molecule has 0 aromatic heterocycles. The van der Waals surface area contributed by atoms with Gasteiger partial charge in [0.05, 0.1) is 6.04 Å².